The van der Waals surface area contributed by atoms with E-state index in [4.69, 9.17) is 0 Å². The molecule has 0 fully saturated rings. The van der Waals surface area contributed by atoms with Crippen molar-refractivity contribution in [3.05, 3.63) is 12.2 Å². The third-order valence-electron chi connectivity index (χ3n) is 1.94. The van der Waals surface area contributed by atoms with E-state index in [0.717, 1.165) is 19.3 Å². The lowest BCUT2D eigenvalue weighted by molar-refractivity contribution is -0.143. The Balaban J connectivity index is 4.24. The first-order valence-electron chi connectivity index (χ1n) is 4.88. The second-order valence-corrected chi connectivity index (χ2v) is 3.24. The molecule has 0 saturated heterocycles. The minimum absolute atomic E-state index is 0.0459. The Hall–Kier alpha value is -1.12. The van der Waals surface area contributed by atoms with E-state index in [1.807, 2.05) is 0 Å². The maximum absolute atomic E-state index is 11.2. The zero-order valence-corrected chi connectivity index (χ0v) is 9.08. The van der Waals surface area contributed by atoms with Crippen LogP contribution in [0.2, 0.25) is 0 Å². The van der Waals surface area contributed by atoms with Crippen LogP contribution in [0.25, 0.3) is 0 Å². The molecule has 0 aliphatic rings. The number of ketones is 1. The molecule has 0 saturated carbocycles. The van der Waals surface area contributed by atoms with Crippen LogP contribution < -0.4 is 0 Å². The predicted octanol–water partition coefficient (Wildman–Crippen LogP) is 2.11. The molecule has 1 atom stereocenters. The molecule has 3 nitrogen and oxygen atoms in total. The number of allylic oxidation sites excluding steroid dienone is 1. The summed E-state index contributed by atoms with van der Waals surface area (Å²) in [7, 11) is 1.36. The first-order valence-corrected chi connectivity index (χ1v) is 4.88. The molecule has 0 amide bonds. The van der Waals surface area contributed by atoms with E-state index in [1.54, 1.807) is 6.08 Å². The average Bonchev–Trinajstić information content (AvgIpc) is 2.16. The number of rotatable bonds is 6. The molecule has 3 heteroatoms. The Morgan fingerprint density at radius 1 is 1.43 bits per heavy atom. The summed E-state index contributed by atoms with van der Waals surface area (Å²) in [6.07, 6.45) is 5.79. The quantitative estimate of drug-likeness (QED) is 0.485. The fourth-order valence-electron chi connectivity index (χ4n) is 1.12. The SMILES string of the molecule is CCCCC(/C=C/C(C)=O)C(=O)OC. The molecule has 0 spiro atoms. The molecule has 14 heavy (non-hydrogen) atoms. The molecule has 0 aromatic heterocycles. The summed E-state index contributed by atoms with van der Waals surface area (Å²) in [4.78, 5) is 21.9. The highest BCUT2D eigenvalue weighted by molar-refractivity contribution is 5.88. The number of methoxy groups -OCH3 is 1. The maximum Gasteiger partial charge on any atom is 0.312 e. The van der Waals surface area contributed by atoms with E-state index in [9.17, 15) is 9.59 Å². The van der Waals surface area contributed by atoms with E-state index in [1.165, 1.54) is 20.1 Å². The fourth-order valence-corrected chi connectivity index (χ4v) is 1.12. The van der Waals surface area contributed by atoms with Gasteiger partial charge in [-0.1, -0.05) is 25.8 Å². The molecule has 0 bridgehead atoms. The van der Waals surface area contributed by atoms with Crippen LogP contribution in [0.4, 0.5) is 0 Å². The van der Waals surface area contributed by atoms with Gasteiger partial charge in [0.25, 0.3) is 0 Å². The molecule has 0 radical (unpaired) electrons. The third-order valence-corrected chi connectivity index (χ3v) is 1.94. The van der Waals surface area contributed by atoms with Gasteiger partial charge in [0.15, 0.2) is 5.78 Å². The van der Waals surface area contributed by atoms with Crippen molar-refractivity contribution in [2.45, 2.75) is 33.1 Å². The number of ether oxygens (including phenoxy) is 1. The predicted molar refractivity (Wildman–Crippen MR) is 54.9 cm³/mol. The van der Waals surface area contributed by atoms with Crippen LogP contribution >= 0.6 is 0 Å². The van der Waals surface area contributed by atoms with Gasteiger partial charge in [0.2, 0.25) is 0 Å². The molecular formula is C11H18O3. The topological polar surface area (TPSA) is 43.4 Å². The van der Waals surface area contributed by atoms with E-state index in [0.29, 0.717) is 0 Å². The number of esters is 1. The molecule has 0 rings (SSSR count). The Kier molecular flexibility index (Phi) is 6.72. The number of unbranched alkanes of at least 4 members (excludes halogenated alkanes) is 1. The van der Waals surface area contributed by atoms with E-state index in [-0.39, 0.29) is 17.7 Å². The highest BCUT2D eigenvalue weighted by atomic mass is 16.5. The Bertz CT molecular complexity index is 219. The lowest BCUT2D eigenvalue weighted by atomic mass is 10.0. The van der Waals surface area contributed by atoms with Crippen LogP contribution in [0, 0.1) is 5.92 Å². The van der Waals surface area contributed by atoms with Gasteiger partial charge >= 0.3 is 5.97 Å². The van der Waals surface area contributed by atoms with E-state index < -0.39 is 0 Å². The lowest BCUT2D eigenvalue weighted by Gasteiger charge is -2.08. The highest BCUT2D eigenvalue weighted by Crippen LogP contribution is 2.11. The minimum Gasteiger partial charge on any atom is -0.469 e. The lowest BCUT2D eigenvalue weighted by Crippen LogP contribution is -2.14. The summed E-state index contributed by atoms with van der Waals surface area (Å²) in [5, 5.41) is 0. The zero-order chi connectivity index (χ0) is 11.0. The first-order chi connectivity index (χ1) is 6.61. The maximum atomic E-state index is 11.2. The summed E-state index contributed by atoms with van der Waals surface area (Å²) in [5.41, 5.74) is 0. The Labute approximate surface area is 85.1 Å². The van der Waals surface area contributed by atoms with Gasteiger partial charge in [-0.2, -0.15) is 0 Å². The Morgan fingerprint density at radius 2 is 2.07 bits per heavy atom. The van der Waals surface area contributed by atoms with Gasteiger partial charge < -0.3 is 4.74 Å². The summed E-state index contributed by atoms with van der Waals surface area (Å²) >= 11 is 0. The van der Waals surface area contributed by atoms with Gasteiger partial charge in [-0.25, -0.2) is 0 Å². The largest absolute Gasteiger partial charge is 0.469 e. The normalized spacial score (nSPS) is 12.8. The van der Waals surface area contributed by atoms with Crippen LogP contribution in [-0.4, -0.2) is 18.9 Å². The molecule has 0 aliphatic carbocycles. The fraction of sp³-hybridized carbons (Fsp3) is 0.636. The molecule has 80 valence electrons. The van der Waals surface area contributed by atoms with Crippen LogP contribution in [0.1, 0.15) is 33.1 Å². The average molecular weight is 198 g/mol. The zero-order valence-electron chi connectivity index (χ0n) is 9.08. The number of carbonyl (C=O) groups excluding carboxylic acids is 2. The summed E-state index contributed by atoms with van der Waals surface area (Å²) in [6, 6.07) is 0. The second-order valence-electron chi connectivity index (χ2n) is 3.24. The first kappa shape index (κ1) is 12.9. The van der Waals surface area contributed by atoms with Gasteiger partial charge in [-0.05, 0) is 19.4 Å². The van der Waals surface area contributed by atoms with Crippen molar-refractivity contribution in [3.63, 3.8) is 0 Å². The van der Waals surface area contributed by atoms with Gasteiger partial charge in [0, 0.05) is 0 Å². The van der Waals surface area contributed by atoms with Crippen LogP contribution in [0.5, 0.6) is 0 Å². The minimum atomic E-state index is -0.274. The summed E-state index contributed by atoms with van der Waals surface area (Å²) in [5.74, 6) is -0.588. The summed E-state index contributed by atoms with van der Waals surface area (Å²) in [6.45, 7) is 3.52. The van der Waals surface area contributed by atoms with Gasteiger partial charge in [0.1, 0.15) is 0 Å². The molecule has 0 aromatic carbocycles. The Morgan fingerprint density at radius 3 is 2.50 bits per heavy atom. The van der Waals surface area contributed by atoms with Crippen molar-refractivity contribution in [2.24, 2.45) is 5.92 Å². The van der Waals surface area contributed by atoms with E-state index >= 15 is 0 Å². The second kappa shape index (κ2) is 7.30. The number of hydrogen-bond donors (Lipinski definition) is 0. The molecule has 0 aliphatic heterocycles. The number of carbonyl (C=O) groups is 2. The standard InChI is InChI=1S/C11H18O3/c1-4-5-6-10(11(13)14-3)8-7-9(2)12/h7-8,10H,4-6H2,1-3H3/b8-7+. The van der Waals surface area contributed by atoms with Crippen LogP contribution in [0.3, 0.4) is 0 Å². The van der Waals surface area contributed by atoms with Crippen LogP contribution in [0.15, 0.2) is 12.2 Å². The third kappa shape index (κ3) is 5.51. The van der Waals surface area contributed by atoms with Gasteiger partial charge in [-0.15, -0.1) is 0 Å². The van der Waals surface area contributed by atoms with Crippen molar-refractivity contribution in [1.82, 2.24) is 0 Å². The van der Waals surface area contributed by atoms with Crippen molar-refractivity contribution in [3.8, 4) is 0 Å². The number of hydrogen-bond acceptors (Lipinski definition) is 3. The van der Waals surface area contributed by atoms with Gasteiger partial charge in [0.05, 0.1) is 13.0 Å². The van der Waals surface area contributed by atoms with Crippen LogP contribution in [-0.2, 0) is 14.3 Å². The van der Waals surface area contributed by atoms with Gasteiger partial charge in [-0.3, -0.25) is 9.59 Å². The molecule has 0 N–H and O–H groups in total. The monoisotopic (exact) mass is 198 g/mol. The molecule has 0 heterocycles. The molecule has 0 aromatic rings. The van der Waals surface area contributed by atoms with Crippen molar-refractivity contribution >= 4 is 11.8 Å². The van der Waals surface area contributed by atoms with E-state index in [2.05, 4.69) is 11.7 Å². The van der Waals surface area contributed by atoms with Crippen molar-refractivity contribution in [1.29, 1.82) is 0 Å². The summed E-state index contributed by atoms with van der Waals surface area (Å²) < 4.78 is 4.64. The molecular weight excluding hydrogens is 180 g/mol. The van der Waals surface area contributed by atoms with Crippen molar-refractivity contribution < 1.29 is 14.3 Å². The highest BCUT2D eigenvalue weighted by Gasteiger charge is 2.14. The van der Waals surface area contributed by atoms with Crippen molar-refractivity contribution in [2.75, 3.05) is 7.11 Å². The molecule has 1 unspecified atom stereocenters. The smallest absolute Gasteiger partial charge is 0.312 e.